The highest BCUT2D eigenvalue weighted by atomic mass is 16.6. The standard InChI is InChI=1S/C15H27N3O5/c1-5-6-8-16-12(21)18-9-7-15(10-18,11(19)20)17-13(22)23-14(2,3)4/h5-10H2,1-4H3,(H,16,21)(H,17,22)(H,19,20). The van der Waals surface area contributed by atoms with Crippen molar-refractivity contribution in [2.75, 3.05) is 19.6 Å². The number of nitrogens with one attached hydrogen (secondary N) is 2. The molecular formula is C15H27N3O5. The number of carboxylic acid groups (broad SMARTS) is 1. The number of unbranched alkanes of at least 4 members (excludes halogenated alkanes) is 1. The summed E-state index contributed by atoms with van der Waals surface area (Å²) >= 11 is 0. The molecule has 0 aromatic carbocycles. The molecule has 1 atom stereocenters. The van der Waals surface area contributed by atoms with E-state index in [1.807, 2.05) is 6.92 Å². The minimum absolute atomic E-state index is 0.0838. The van der Waals surface area contributed by atoms with Crippen LogP contribution in [-0.2, 0) is 9.53 Å². The number of urea groups is 1. The molecule has 1 aliphatic rings. The molecular weight excluding hydrogens is 302 g/mol. The van der Waals surface area contributed by atoms with E-state index in [1.165, 1.54) is 4.90 Å². The van der Waals surface area contributed by atoms with Gasteiger partial charge in [-0.05, 0) is 27.2 Å². The Morgan fingerprint density at radius 1 is 1.30 bits per heavy atom. The number of ether oxygens (including phenoxy) is 1. The predicted molar refractivity (Wildman–Crippen MR) is 84.2 cm³/mol. The summed E-state index contributed by atoms with van der Waals surface area (Å²) in [4.78, 5) is 36.9. The maximum Gasteiger partial charge on any atom is 0.408 e. The van der Waals surface area contributed by atoms with Gasteiger partial charge in [-0.1, -0.05) is 13.3 Å². The van der Waals surface area contributed by atoms with Crippen LogP contribution in [0, 0.1) is 0 Å². The number of hydrogen-bond acceptors (Lipinski definition) is 4. The Kier molecular flexibility index (Phi) is 6.23. The monoisotopic (exact) mass is 329 g/mol. The maximum absolute atomic E-state index is 12.0. The Labute approximate surface area is 136 Å². The number of rotatable bonds is 5. The lowest BCUT2D eigenvalue weighted by atomic mass is 9.99. The van der Waals surface area contributed by atoms with E-state index in [0.717, 1.165) is 12.8 Å². The van der Waals surface area contributed by atoms with Crippen LogP contribution in [0.25, 0.3) is 0 Å². The Bertz CT molecular complexity index is 461. The largest absolute Gasteiger partial charge is 0.479 e. The van der Waals surface area contributed by atoms with Crippen molar-refractivity contribution in [3.05, 3.63) is 0 Å². The number of aliphatic carboxylic acids is 1. The third-order valence-corrected chi connectivity index (χ3v) is 3.51. The van der Waals surface area contributed by atoms with Crippen molar-refractivity contribution in [1.82, 2.24) is 15.5 Å². The fourth-order valence-electron chi connectivity index (χ4n) is 2.30. The zero-order valence-electron chi connectivity index (χ0n) is 14.3. The lowest BCUT2D eigenvalue weighted by molar-refractivity contribution is -0.144. The van der Waals surface area contributed by atoms with E-state index in [-0.39, 0.29) is 25.5 Å². The molecule has 0 aliphatic carbocycles. The van der Waals surface area contributed by atoms with Gasteiger partial charge < -0.3 is 25.4 Å². The maximum atomic E-state index is 12.0. The van der Waals surface area contributed by atoms with Gasteiger partial charge in [0.05, 0.1) is 6.54 Å². The second-order valence-electron chi connectivity index (χ2n) is 6.77. The highest BCUT2D eigenvalue weighted by Gasteiger charge is 2.48. The van der Waals surface area contributed by atoms with Crippen molar-refractivity contribution >= 4 is 18.1 Å². The van der Waals surface area contributed by atoms with Crippen LogP contribution in [-0.4, -0.2) is 58.9 Å². The van der Waals surface area contributed by atoms with Gasteiger partial charge in [0.25, 0.3) is 0 Å². The molecule has 0 aromatic heterocycles. The summed E-state index contributed by atoms with van der Waals surface area (Å²) in [6, 6.07) is -0.312. The van der Waals surface area contributed by atoms with Gasteiger partial charge in [-0.2, -0.15) is 0 Å². The first-order chi connectivity index (χ1) is 10.6. The van der Waals surface area contributed by atoms with Crippen LogP contribution in [0.15, 0.2) is 0 Å². The first-order valence-corrected chi connectivity index (χ1v) is 7.87. The molecule has 8 heteroatoms. The van der Waals surface area contributed by atoms with Crippen LogP contribution in [0.3, 0.4) is 0 Å². The molecule has 23 heavy (non-hydrogen) atoms. The van der Waals surface area contributed by atoms with Crippen LogP contribution in [0.5, 0.6) is 0 Å². The number of carboxylic acids is 1. The minimum atomic E-state index is -1.51. The molecule has 1 fully saturated rings. The van der Waals surface area contributed by atoms with Crippen molar-refractivity contribution in [2.24, 2.45) is 0 Å². The SMILES string of the molecule is CCCCNC(=O)N1CCC(NC(=O)OC(C)(C)C)(C(=O)O)C1. The minimum Gasteiger partial charge on any atom is -0.479 e. The van der Waals surface area contributed by atoms with E-state index in [9.17, 15) is 19.5 Å². The fraction of sp³-hybridized carbons (Fsp3) is 0.800. The van der Waals surface area contributed by atoms with Gasteiger partial charge in [0, 0.05) is 19.5 Å². The third-order valence-electron chi connectivity index (χ3n) is 3.51. The van der Waals surface area contributed by atoms with E-state index < -0.39 is 23.2 Å². The summed E-state index contributed by atoms with van der Waals surface area (Å²) in [5, 5.41) is 14.7. The van der Waals surface area contributed by atoms with Crippen molar-refractivity contribution in [1.29, 1.82) is 0 Å². The number of amides is 3. The van der Waals surface area contributed by atoms with Crippen molar-refractivity contribution in [3.63, 3.8) is 0 Å². The quantitative estimate of drug-likeness (QED) is 0.663. The second kappa shape index (κ2) is 7.52. The molecule has 1 heterocycles. The normalized spacial score (nSPS) is 21.0. The van der Waals surface area contributed by atoms with Crippen LogP contribution in [0.1, 0.15) is 47.0 Å². The van der Waals surface area contributed by atoms with Gasteiger partial charge in [0.2, 0.25) is 0 Å². The summed E-state index contributed by atoms with van der Waals surface area (Å²) in [6.07, 6.45) is 1.16. The first-order valence-electron chi connectivity index (χ1n) is 7.87. The molecule has 132 valence electrons. The van der Waals surface area contributed by atoms with E-state index in [0.29, 0.717) is 6.54 Å². The Balaban J connectivity index is 2.68. The predicted octanol–water partition coefficient (Wildman–Crippen LogP) is 1.55. The van der Waals surface area contributed by atoms with Gasteiger partial charge in [0.15, 0.2) is 5.54 Å². The molecule has 3 amide bonds. The second-order valence-corrected chi connectivity index (χ2v) is 6.77. The summed E-state index contributed by atoms with van der Waals surface area (Å²) in [5.41, 5.74) is -2.23. The van der Waals surface area contributed by atoms with Gasteiger partial charge in [-0.25, -0.2) is 14.4 Å². The average Bonchev–Trinajstić information content (AvgIpc) is 2.82. The zero-order chi connectivity index (χ0) is 17.7. The van der Waals surface area contributed by atoms with E-state index in [1.54, 1.807) is 20.8 Å². The van der Waals surface area contributed by atoms with Gasteiger partial charge in [-0.15, -0.1) is 0 Å². The van der Waals surface area contributed by atoms with Crippen LogP contribution in [0.2, 0.25) is 0 Å². The molecule has 1 unspecified atom stereocenters. The molecule has 1 aliphatic heterocycles. The lowest BCUT2D eigenvalue weighted by Crippen LogP contribution is -2.57. The van der Waals surface area contributed by atoms with Crippen molar-refractivity contribution in [3.8, 4) is 0 Å². The smallest absolute Gasteiger partial charge is 0.408 e. The first kappa shape index (κ1) is 19.1. The summed E-state index contributed by atoms with van der Waals surface area (Å²) in [5.74, 6) is -1.17. The Morgan fingerprint density at radius 3 is 2.48 bits per heavy atom. The number of carbonyl (C=O) groups excluding carboxylic acids is 2. The van der Waals surface area contributed by atoms with E-state index in [4.69, 9.17) is 4.74 Å². The molecule has 8 nitrogen and oxygen atoms in total. The molecule has 0 radical (unpaired) electrons. The number of nitrogens with zero attached hydrogens (tertiary/aromatic N) is 1. The van der Waals surface area contributed by atoms with E-state index >= 15 is 0 Å². The number of carbonyl (C=O) groups is 3. The zero-order valence-corrected chi connectivity index (χ0v) is 14.3. The van der Waals surface area contributed by atoms with E-state index in [2.05, 4.69) is 10.6 Å². The van der Waals surface area contributed by atoms with Crippen molar-refractivity contribution < 1.29 is 24.2 Å². The molecule has 1 saturated heterocycles. The van der Waals surface area contributed by atoms with Gasteiger partial charge in [0.1, 0.15) is 5.60 Å². The number of hydrogen-bond donors (Lipinski definition) is 3. The average molecular weight is 329 g/mol. The topological polar surface area (TPSA) is 108 Å². The fourth-order valence-corrected chi connectivity index (χ4v) is 2.30. The summed E-state index contributed by atoms with van der Waals surface area (Å²) < 4.78 is 5.12. The molecule has 0 spiro atoms. The van der Waals surface area contributed by atoms with Crippen LogP contribution in [0.4, 0.5) is 9.59 Å². The summed E-state index contributed by atoms with van der Waals surface area (Å²) in [7, 11) is 0. The third kappa shape index (κ3) is 5.61. The van der Waals surface area contributed by atoms with Crippen LogP contribution >= 0.6 is 0 Å². The number of likely N-dealkylation sites (tertiary alicyclic amines) is 1. The Morgan fingerprint density at radius 2 is 1.96 bits per heavy atom. The Hall–Kier alpha value is -1.99. The molecule has 0 aromatic rings. The lowest BCUT2D eigenvalue weighted by Gasteiger charge is -2.28. The van der Waals surface area contributed by atoms with Gasteiger partial charge >= 0.3 is 18.1 Å². The molecule has 1 rings (SSSR count). The van der Waals surface area contributed by atoms with Crippen LogP contribution < -0.4 is 10.6 Å². The highest BCUT2D eigenvalue weighted by molar-refractivity contribution is 5.87. The molecule has 0 bridgehead atoms. The van der Waals surface area contributed by atoms with Crippen molar-refractivity contribution in [2.45, 2.75) is 58.1 Å². The van der Waals surface area contributed by atoms with Gasteiger partial charge in [-0.3, -0.25) is 0 Å². The number of alkyl carbamates (subject to hydrolysis) is 1. The molecule has 3 N–H and O–H groups in total. The molecule has 0 saturated carbocycles. The highest BCUT2D eigenvalue weighted by Crippen LogP contribution is 2.23. The summed E-state index contributed by atoms with van der Waals surface area (Å²) in [6.45, 7) is 7.83.